The summed E-state index contributed by atoms with van der Waals surface area (Å²) >= 11 is 0. The lowest BCUT2D eigenvalue weighted by molar-refractivity contribution is -0.145. The van der Waals surface area contributed by atoms with Crippen molar-refractivity contribution in [1.29, 1.82) is 0 Å². The second-order valence-electron chi connectivity index (χ2n) is 36.6. The van der Waals surface area contributed by atoms with Crippen LogP contribution < -0.4 is 0 Å². The minimum Gasteiger partial charge on any atom is -0.299 e. The topological polar surface area (TPSA) is 239 Å². The van der Waals surface area contributed by atoms with Crippen molar-refractivity contribution in [2.75, 3.05) is 0 Å². The predicted molar refractivity (Wildman–Crippen MR) is 469 cm³/mol. The van der Waals surface area contributed by atoms with Crippen LogP contribution in [0.1, 0.15) is 323 Å². The molecule has 10 rings (SSSR count). The van der Waals surface area contributed by atoms with Crippen LogP contribution in [0.5, 0.6) is 0 Å². The summed E-state index contributed by atoms with van der Waals surface area (Å²) in [6.07, 6.45) is 14.0. The molecule has 7 aromatic rings. The van der Waals surface area contributed by atoms with Crippen LogP contribution >= 0.6 is 0 Å². The van der Waals surface area contributed by atoms with Gasteiger partial charge in [-0.25, -0.2) is 0 Å². The van der Waals surface area contributed by atoms with E-state index in [2.05, 4.69) is 0 Å². The molecule has 0 bridgehead atoms. The lowest BCUT2D eigenvalue weighted by atomic mass is 9.70. The van der Waals surface area contributed by atoms with E-state index < -0.39 is 45.6 Å². The number of carbonyl (C=O) groups is 14. The minimum atomic E-state index is -3.40. The fourth-order valence-electron chi connectivity index (χ4n) is 13.9. The third-order valence-electron chi connectivity index (χ3n) is 22.1. The van der Waals surface area contributed by atoms with Crippen LogP contribution in [-0.4, -0.2) is 86.9 Å². The Kier molecular flexibility index (Phi) is 39.4. The van der Waals surface area contributed by atoms with Gasteiger partial charge in [-0.05, 0) is 76.0 Å². The molecule has 3 aliphatic carbocycles. The van der Waals surface area contributed by atoms with E-state index in [-0.39, 0.29) is 124 Å². The average molecular weight is 1630 g/mol. The summed E-state index contributed by atoms with van der Waals surface area (Å²) in [4.78, 5) is 167. The van der Waals surface area contributed by atoms with Gasteiger partial charge in [0.15, 0.2) is 40.5 Å². The van der Waals surface area contributed by atoms with Crippen molar-refractivity contribution >= 4 is 81.0 Å². The van der Waals surface area contributed by atoms with Crippen LogP contribution in [0.4, 0.5) is 8.78 Å². The Morgan fingerprint density at radius 2 is 0.521 bits per heavy atom. The highest BCUT2D eigenvalue weighted by molar-refractivity contribution is 6.15. The number of hydrogen-bond acceptors (Lipinski definition) is 14. The Hall–Kier alpha value is -10.2. The van der Waals surface area contributed by atoms with E-state index in [1.807, 2.05) is 194 Å². The first-order chi connectivity index (χ1) is 55.4. The second-order valence-corrected chi connectivity index (χ2v) is 36.6. The fraction of sp³-hybridized carbons (Fsp3) is 0.456. The Morgan fingerprint density at radius 1 is 0.277 bits per heavy atom. The summed E-state index contributed by atoms with van der Waals surface area (Å²) < 4.78 is 24.7. The molecular weight excluding hydrogens is 1500 g/mol. The van der Waals surface area contributed by atoms with E-state index in [4.69, 9.17) is 0 Å². The Balaban J connectivity index is 0.000000294. The molecular formula is C103H128F2O14. The highest BCUT2D eigenvalue weighted by atomic mass is 19.3. The molecule has 0 N–H and O–H groups in total. The average Bonchev–Trinajstić information content (AvgIpc) is 1.67. The third-order valence-corrected chi connectivity index (χ3v) is 22.1. The van der Waals surface area contributed by atoms with Crippen LogP contribution in [0, 0.1) is 53.3 Å². The van der Waals surface area contributed by atoms with Gasteiger partial charge in [-0.1, -0.05) is 348 Å². The molecule has 0 atom stereocenters. The van der Waals surface area contributed by atoms with Crippen LogP contribution in [-0.2, 0) is 43.8 Å². The molecule has 3 aliphatic rings. The van der Waals surface area contributed by atoms with E-state index in [9.17, 15) is 75.9 Å². The molecule has 0 amide bonds. The van der Waals surface area contributed by atoms with E-state index in [1.54, 1.807) is 118 Å². The smallest absolute Gasteiger partial charge is 0.299 e. The summed E-state index contributed by atoms with van der Waals surface area (Å²) in [6.45, 7) is 31.9. The number of halogens is 2. The first-order valence-electron chi connectivity index (χ1n) is 41.7. The largest absolute Gasteiger partial charge is 0.302 e. The molecule has 0 aliphatic heterocycles. The normalized spacial score (nSPS) is 14.5. The maximum Gasteiger partial charge on any atom is 0.302 e. The molecule has 119 heavy (non-hydrogen) atoms. The number of rotatable bonds is 25. The number of aryl methyl sites for hydroxylation is 3. The SMILES string of the molecule is CC(C)(C)C(=O)CC(=O)C(C)(F)F.CC(C)(C)C(=O)CC(=O)C1(C)CCCCC1.CC(C)(C)C(=O)CC(=O)c1ccccc1.CC1(C(=O)CC(=O)c2ccccc2)CCCCC1.Cc1cc(C)c(C(=O)CC(=O)C(C)(C)C)c(C)c1.O=C(CC(=O)C1(c2ccccc2)CCCC1)c1ccccc1.O=C(CC(=O)c1ccccc1)c1ccccc1. The first kappa shape index (κ1) is 101. The van der Waals surface area contributed by atoms with Crippen LogP contribution in [0.2, 0.25) is 0 Å². The summed E-state index contributed by atoms with van der Waals surface area (Å²) in [5.41, 5.74) is 4.91. The summed E-state index contributed by atoms with van der Waals surface area (Å²) in [7, 11) is 0. The molecule has 16 heteroatoms. The Bertz CT molecular complexity index is 4470. The van der Waals surface area contributed by atoms with Gasteiger partial charge in [-0.3, -0.25) is 67.1 Å². The molecule has 0 saturated heterocycles. The Labute approximate surface area is 706 Å². The van der Waals surface area contributed by atoms with Crippen molar-refractivity contribution in [3.8, 4) is 0 Å². The molecule has 0 aromatic heterocycles. The van der Waals surface area contributed by atoms with Crippen molar-refractivity contribution in [2.24, 2.45) is 32.5 Å². The van der Waals surface area contributed by atoms with E-state index in [0.717, 1.165) is 99.3 Å². The highest BCUT2D eigenvalue weighted by Gasteiger charge is 2.44. The van der Waals surface area contributed by atoms with Crippen molar-refractivity contribution in [3.63, 3.8) is 0 Å². The van der Waals surface area contributed by atoms with Gasteiger partial charge in [0.1, 0.15) is 34.7 Å². The van der Waals surface area contributed by atoms with E-state index in [1.165, 1.54) is 12.8 Å². The van der Waals surface area contributed by atoms with Gasteiger partial charge >= 0.3 is 5.92 Å². The van der Waals surface area contributed by atoms with Gasteiger partial charge in [0.25, 0.3) is 0 Å². The monoisotopic (exact) mass is 1630 g/mol. The summed E-state index contributed by atoms with van der Waals surface area (Å²) in [6, 6.07) is 58.8. The zero-order valence-corrected chi connectivity index (χ0v) is 73.8. The van der Waals surface area contributed by atoms with Gasteiger partial charge in [-0.15, -0.1) is 0 Å². The quantitative estimate of drug-likeness (QED) is 0.0382. The van der Waals surface area contributed by atoms with Crippen molar-refractivity contribution in [2.45, 2.75) is 271 Å². The molecule has 0 spiro atoms. The van der Waals surface area contributed by atoms with Crippen LogP contribution in [0.25, 0.3) is 0 Å². The van der Waals surface area contributed by atoms with Crippen molar-refractivity contribution in [1.82, 2.24) is 0 Å². The second kappa shape index (κ2) is 46.4. The number of alkyl halides is 2. The zero-order chi connectivity index (χ0) is 89.3. The Morgan fingerprint density at radius 3 is 0.824 bits per heavy atom. The van der Waals surface area contributed by atoms with Gasteiger partial charge in [0.05, 0.1) is 50.4 Å². The fourth-order valence-corrected chi connectivity index (χ4v) is 13.9. The van der Waals surface area contributed by atoms with Crippen LogP contribution in [0.15, 0.2) is 194 Å². The number of hydrogen-bond donors (Lipinski definition) is 0. The van der Waals surface area contributed by atoms with Crippen molar-refractivity contribution in [3.05, 3.63) is 250 Å². The van der Waals surface area contributed by atoms with Gasteiger partial charge < -0.3 is 0 Å². The maximum atomic E-state index is 12.9. The number of ketones is 14. The van der Waals surface area contributed by atoms with Crippen molar-refractivity contribution < 1.29 is 75.9 Å². The first-order valence-corrected chi connectivity index (χ1v) is 41.7. The molecule has 3 saturated carbocycles. The number of Topliss-reactive ketones (excluding diaryl/α,β-unsaturated/α-hetero) is 14. The number of carbonyl (C=O) groups excluding carboxylic acids is 14. The lowest BCUT2D eigenvalue weighted by Gasteiger charge is -2.32. The van der Waals surface area contributed by atoms with Crippen LogP contribution in [0.3, 0.4) is 0 Å². The minimum absolute atomic E-state index is 0.00108. The van der Waals surface area contributed by atoms with E-state index >= 15 is 0 Å². The molecule has 0 radical (unpaired) electrons. The molecule has 3 fully saturated rings. The highest BCUT2D eigenvalue weighted by Crippen LogP contribution is 2.44. The molecule has 0 heterocycles. The third kappa shape index (κ3) is 33.8. The molecule has 0 unspecified atom stereocenters. The summed E-state index contributed by atoms with van der Waals surface area (Å²) in [5, 5.41) is 0. The lowest BCUT2D eigenvalue weighted by Crippen LogP contribution is -2.34. The number of benzene rings is 7. The molecule has 7 aromatic carbocycles. The zero-order valence-electron chi connectivity index (χ0n) is 73.8. The maximum absolute atomic E-state index is 12.9. The summed E-state index contributed by atoms with van der Waals surface area (Å²) in [5.74, 6) is -5.34. The van der Waals surface area contributed by atoms with Gasteiger partial charge in [0.2, 0.25) is 5.78 Å². The predicted octanol–water partition coefficient (Wildman–Crippen LogP) is 23.7. The standard InChI is InChI=1S/C20H20O2.C16H20O2.C16H22O2.C15H12O2.C14H24O2.C13H16O2.C9H14F2O2/c21-18(16-9-3-1-4-10-16)15-19(22)20(13-7-8-14-20)17-11-5-2-6-12-17;1-16(10-6-3-7-11-16)15(18)12-14(17)13-8-4-2-5-9-13;1-10-7-11(2)15(12(3)8-10)13(17)9-14(18)16(4,5)6;16-14(12-7-3-1-4-8-12)11-15(17)13-9-5-2-6-10-13;1-13(2,3)11(15)10-12(16)14(4)8-6-5-7-9-14;1-13(2,3)12(15)9-11(14)10-7-5-4-6-8-10;1-8(2,3)6(12)5-7(13)9(4,10)11/h1-6,9-12H,7-8,13-15H2;2,4-5,8-9H,3,6-7,10-12H2,1H3;7-8H,9H2,1-6H3;1-10H,11H2;5-10H2,1-4H3;4-8H,9H2,1-3H3;5H2,1-4H3. The van der Waals surface area contributed by atoms with E-state index in [0.29, 0.717) is 40.3 Å². The molecule has 14 nitrogen and oxygen atoms in total. The molecule has 638 valence electrons. The van der Waals surface area contributed by atoms with Gasteiger partial charge in [0, 0.05) is 72.8 Å². The van der Waals surface area contributed by atoms with Gasteiger partial charge in [-0.2, -0.15) is 8.78 Å².